The van der Waals surface area contributed by atoms with Gasteiger partial charge in [0.1, 0.15) is 6.61 Å². The summed E-state index contributed by atoms with van der Waals surface area (Å²) in [6.07, 6.45) is 7.29. The number of rotatable bonds is 8. The van der Waals surface area contributed by atoms with Gasteiger partial charge in [0.15, 0.2) is 11.0 Å². The summed E-state index contributed by atoms with van der Waals surface area (Å²) in [7, 11) is 0. The molecule has 4 heterocycles. The second kappa shape index (κ2) is 13.3. The van der Waals surface area contributed by atoms with Crippen molar-refractivity contribution < 1.29 is 19.4 Å². The van der Waals surface area contributed by atoms with Crippen LogP contribution in [0.25, 0.3) is 21.3 Å². The first-order valence-corrected chi connectivity index (χ1v) is 17.3. The van der Waals surface area contributed by atoms with Crippen LogP contribution in [0.15, 0.2) is 42.7 Å². The van der Waals surface area contributed by atoms with Gasteiger partial charge < -0.3 is 20.1 Å². The lowest BCUT2D eigenvalue weighted by Crippen LogP contribution is -2.60. The summed E-state index contributed by atoms with van der Waals surface area (Å²) in [6, 6.07) is 10.3. The predicted molar refractivity (Wildman–Crippen MR) is 180 cm³/mol. The number of thiazole rings is 1. The highest BCUT2D eigenvalue weighted by atomic mass is 32.1. The van der Waals surface area contributed by atoms with Crippen molar-refractivity contribution in [3.63, 3.8) is 0 Å². The molecule has 0 spiro atoms. The predicted octanol–water partition coefficient (Wildman–Crippen LogP) is 4.76. The minimum absolute atomic E-state index is 0.0155. The van der Waals surface area contributed by atoms with Crippen LogP contribution in [0.5, 0.6) is 0 Å². The van der Waals surface area contributed by atoms with E-state index in [9.17, 15) is 14.7 Å². The van der Waals surface area contributed by atoms with Crippen LogP contribution >= 0.6 is 11.3 Å². The topological polar surface area (TPSA) is 134 Å². The first-order valence-electron chi connectivity index (χ1n) is 16.5. The Morgan fingerprint density at radius 3 is 2.49 bits per heavy atom. The fourth-order valence-corrected chi connectivity index (χ4v) is 8.05. The summed E-state index contributed by atoms with van der Waals surface area (Å²) >= 11 is 1.46. The van der Waals surface area contributed by atoms with Gasteiger partial charge in [0.25, 0.3) is 5.91 Å². The number of fused-ring (bicyclic) bond motifs is 1. The Hall–Kier alpha value is -3.84. The molecule has 7 rings (SSSR count). The first-order chi connectivity index (χ1) is 22.7. The Morgan fingerprint density at radius 2 is 1.79 bits per heavy atom. The molecule has 47 heavy (non-hydrogen) atoms. The molecule has 3 aliphatic rings. The lowest BCUT2D eigenvalue weighted by molar-refractivity contribution is -0.125. The molecule has 1 aliphatic heterocycles. The smallest absolute Gasteiger partial charge is 0.254 e. The third kappa shape index (κ3) is 6.92. The summed E-state index contributed by atoms with van der Waals surface area (Å²) in [5.41, 5.74) is 5.11. The number of benzene rings is 1. The minimum atomic E-state index is -0.400. The monoisotopic (exact) mass is 655 g/mol. The molecular formula is C35H41N7O4S. The van der Waals surface area contributed by atoms with Crippen LogP contribution in [0.4, 0.5) is 5.13 Å². The summed E-state index contributed by atoms with van der Waals surface area (Å²) in [4.78, 5) is 48.7. The van der Waals surface area contributed by atoms with Gasteiger partial charge in [-0.2, -0.15) is 0 Å². The molecule has 0 unspecified atom stereocenters. The summed E-state index contributed by atoms with van der Waals surface area (Å²) in [5.74, 6) is 0.621. The van der Waals surface area contributed by atoms with Crippen LogP contribution in [-0.2, 0) is 16.1 Å². The van der Waals surface area contributed by atoms with E-state index in [1.807, 2.05) is 43.0 Å². The van der Waals surface area contributed by atoms with E-state index >= 15 is 0 Å². The highest BCUT2D eigenvalue weighted by Crippen LogP contribution is 2.36. The number of nitrogens with zero attached hydrogens (tertiary/aromatic N) is 6. The number of aliphatic hydroxyl groups excluding tert-OH is 1. The van der Waals surface area contributed by atoms with E-state index in [0.29, 0.717) is 35.7 Å². The number of aromatic nitrogens is 4. The normalized spacial score (nSPS) is 24.8. The number of nitrogens with one attached hydrogen (secondary N) is 1. The summed E-state index contributed by atoms with van der Waals surface area (Å²) < 4.78 is 6.78. The molecule has 12 heteroatoms. The Morgan fingerprint density at radius 1 is 1.02 bits per heavy atom. The van der Waals surface area contributed by atoms with Crippen LogP contribution in [0.2, 0.25) is 0 Å². The fraction of sp³-hybridized carbons (Fsp3) is 0.486. The van der Waals surface area contributed by atoms with Gasteiger partial charge in [-0.05, 0) is 82.7 Å². The minimum Gasteiger partial charge on any atom is -0.390 e. The average Bonchev–Trinajstić information content (AvgIpc) is 3.63. The number of ether oxygens (including phenoxy) is 1. The molecule has 2 amide bonds. The SMILES string of the molecule is Cc1cc(C(=O)N2CCN(C3CC(C(=O)Nc4nc5ccc(-c6cnc(CO[C@H]7CCC[C@@H]7O)nc6)cc5s4)C3)[C@@H](C)C2)cc(C)n1. The Bertz CT molecular complexity index is 1750. The molecule has 3 atom stereocenters. The molecule has 1 saturated heterocycles. The molecule has 3 aromatic heterocycles. The zero-order chi connectivity index (χ0) is 32.7. The third-order valence-electron chi connectivity index (χ3n) is 9.75. The number of aryl methyl sites for hydroxylation is 2. The van der Waals surface area contributed by atoms with Crippen molar-refractivity contribution in [3.05, 3.63) is 65.5 Å². The first kappa shape index (κ1) is 31.7. The molecule has 3 fully saturated rings. The molecule has 0 bridgehead atoms. The van der Waals surface area contributed by atoms with Crippen molar-refractivity contribution in [1.82, 2.24) is 29.7 Å². The molecule has 2 N–H and O–H groups in total. The standard InChI is InChI=1S/C35H41N7O4S/c1-20-11-25(12-21(2)38-20)34(45)41-9-10-42(22(3)18-41)27-13-24(14-27)33(44)40-35-39-28-8-7-23(15-31(28)47-35)26-16-36-32(37-17-26)19-46-30-6-4-5-29(30)43/h7-8,11-12,15-17,22,24,27,29-30,43H,4-6,9-10,13-14,18-19H2,1-3H3,(H,39,40,44)/t22-,24?,27?,29-,30-/m0/s1. The van der Waals surface area contributed by atoms with Crippen LogP contribution in [0, 0.1) is 19.8 Å². The van der Waals surface area contributed by atoms with Gasteiger partial charge in [0.2, 0.25) is 5.91 Å². The number of pyridine rings is 1. The molecule has 11 nitrogen and oxygen atoms in total. The highest BCUT2D eigenvalue weighted by molar-refractivity contribution is 7.22. The Balaban J connectivity index is 0.902. The zero-order valence-electron chi connectivity index (χ0n) is 27.1. The van der Waals surface area contributed by atoms with Crippen LogP contribution < -0.4 is 5.32 Å². The van der Waals surface area contributed by atoms with Crippen LogP contribution in [0.1, 0.15) is 66.6 Å². The summed E-state index contributed by atoms with van der Waals surface area (Å²) in [6.45, 7) is 8.45. The van der Waals surface area contributed by atoms with Crippen LogP contribution in [0.3, 0.4) is 0 Å². The highest BCUT2D eigenvalue weighted by Gasteiger charge is 2.41. The molecular weight excluding hydrogens is 614 g/mol. The van der Waals surface area contributed by atoms with Crippen molar-refractivity contribution in [2.24, 2.45) is 5.92 Å². The van der Waals surface area contributed by atoms with Crippen LogP contribution in [-0.4, -0.2) is 90.6 Å². The molecule has 2 saturated carbocycles. The molecule has 0 radical (unpaired) electrons. The van der Waals surface area contributed by atoms with Crippen molar-refractivity contribution in [3.8, 4) is 11.1 Å². The zero-order valence-corrected chi connectivity index (χ0v) is 27.9. The van der Waals surface area contributed by atoms with Crippen molar-refractivity contribution in [2.45, 2.75) is 83.8 Å². The molecule has 4 aromatic rings. The van der Waals surface area contributed by atoms with E-state index in [1.165, 1.54) is 11.3 Å². The lowest BCUT2D eigenvalue weighted by atomic mass is 9.78. The fourth-order valence-electron chi connectivity index (χ4n) is 7.14. The second-order valence-electron chi connectivity index (χ2n) is 13.2. The van der Waals surface area contributed by atoms with E-state index in [-0.39, 0.29) is 36.5 Å². The molecule has 246 valence electrons. The van der Waals surface area contributed by atoms with E-state index in [2.05, 4.69) is 43.1 Å². The number of aliphatic hydroxyl groups is 1. The maximum atomic E-state index is 13.2. The van der Waals surface area contributed by atoms with Gasteiger partial charge in [-0.3, -0.25) is 19.5 Å². The third-order valence-corrected chi connectivity index (χ3v) is 10.7. The molecule has 1 aromatic carbocycles. The van der Waals surface area contributed by atoms with Crippen molar-refractivity contribution in [2.75, 3.05) is 25.0 Å². The number of anilines is 1. The van der Waals surface area contributed by atoms with Gasteiger partial charge in [-0.1, -0.05) is 17.4 Å². The Kier molecular flexibility index (Phi) is 9.01. The quantitative estimate of drug-likeness (QED) is 0.276. The average molecular weight is 656 g/mol. The number of piperazine rings is 1. The van der Waals surface area contributed by atoms with Gasteiger partial charge in [0.05, 0.1) is 22.4 Å². The largest absolute Gasteiger partial charge is 0.390 e. The van der Waals surface area contributed by atoms with Gasteiger partial charge in [0, 0.05) is 72.5 Å². The number of hydrogen-bond acceptors (Lipinski definition) is 10. The second-order valence-corrected chi connectivity index (χ2v) is 14.3. The Labute approximate surface area is 278 Å². The van der Waals surface area contributed by atoms with E-state index in [4.69, 9.17) is 4.74 Å². The number of carbonyl (C=O) groups excluding carboxylic acids is 2. The van der Waals surface area contributed by atoms with E-state index in [0.717, 1.165) is 71.4 Å². The van der Waals surface area contributed by atoms with Crippen molar-refractivity contribution in [1.29, 1.82) is 0 Å². The van der Waals surface area contributed by atoms with Gasteiger partial charge in [-0.15, -0.1) is 0 Å². The van der Waals surface area contributed by atoms with E-state index in [1.54, 1.807) is 12.4 Å². The van der Waals surface area contributed by atoms with E-state index < -0.39 is 6.10 Å². The number of hydrogen-bond donors (Lipinski definition) is 2. The maximum Gasteiger partial charge on any atom is 0.254 e. The lowest BCUT2D eigenvalue weighted by Gasteiger charge is -2.49. The number of carbonyl (C=O) groups is 2. The molecule has 2 aliphatic carbocycles. The van der Waals surface area contributed by atoms with Gasteiger partial charge in [-0.25, -0.2) is 15.0 Å². The summed E-state index contributed by atoms with van der Waals surface area (Å²) in [5, 5.41) is 13.6. The van der Waals surface area contributed by atoms with Crippen molar-refractivity contribution >= 4 is 38.5 Å². The number of amides is 2. The maximum absolute atomic E-state index is 13.2. The van der Waals surface area contributed by atoms with Gasteiger partial charge >= 0.3 is 0 Å².